The zero-order chi connectivity index (χ0) is 11.0. The van der Waals surface area contributed by atoms with Crippen LogP contribution in [0.1, 0.15) is 37.2 Å². The van der Waals surface area contributed by atoms with Crippen LogP contribution in [0.25, 0.3) is 0 Å². The third-order valence-corrected chi connectivity index (χ3v) is 2.64. The molecule has 1 heterocycles. The number of hydrogen-bond acceptors (Lipinski definition) is 3. The number of aromatic nitrogens is 3. The summed E-state index contributed by atoms with van der Waals surface area (Å²) in [7, 11) is 0. The fraction of sp³-hybridized carbons (Fsp3) is 0.667. The first kappa shape index (κ1) is 10.0. The van der Waals surface area contributed by atoms with Crippen molar-refractivity contribution in [3.8, 4) is 6.07 Å². The highest BCUT2D eigenvalue weighted by atomic mass is 19.3. The normalized spacial score (nSPS) is 24.2. The number of nitrogens with zero attached hydrogens (tertiary/aromatic N) is 4. The summed E-state index contributed by atoms with van der Waals surface area (Å²) in [4.78, 5) is 0. The van der Waals surface area contributed by atoms with E-state index in [1.165, 1.54) is 4.68 Å². The molecule has 1 saturated carbocycles. The van der Waals surface area contributed by atoms with E-state index in [0.717, 1.165) is 6.42 Å². The maximum atomic E-state index is 12.7. The Balaban J connectivity index is 2.35. The van der Waals surface area contributed by atoms with Crippen LogP contribution in [0.3, 0.4) is 0 Å². The fourth-order valence-corrected chi connectivity index (χ4v) is 1.65. The van der Waals surface area contributed by atoms with Crippen molar-refractivity contribution in [1.29, 1.82) is 5.26 Å². The lowest BCUT2D eigenvalue weighted by Crippen LogP contribution is -2.05. The number of hydrogen-bond donors (Lipinski definition) is 0. The Bertz CT molecular complexity index is 407. The van der Waals surface area contributed by atoms with Crippen molar-refractivity contribution in [2.45, 2.75) is 32.2 Å². The third kappa shape index (κ3) is 1.69. The van der Waals surface area contributed by atoms with Gasteiger partial charge in [0.2, 0.25) is 0 Å². The second kappa shape index (κ2) is 3.57. The van der Waals surface area contributed by atoms with Crippen LogP contribution in [-0.4, -0.2) is 15.0 Å². The topological polar surface area (TPSA) is 54.5 Å². The number of nitriles is 1. The minimum atomic E-state index is -2.61. The van der Waals surface area contributed by atoms with Crippen LogP contribution in [0.15, 0.2) is 0 Å². The lowest BCUT2D eigenvalue weighted by Gasteiger charge is -2.04. The minimum Gasteiger partial charge on any atom is -0.240 e. The summed E-state index contributed by atoms with van der Waals surface area (Å²) in [5.41, 5.74) is -0.0856. The lowest BCUT2D eigenvalue weighted by molar-refractivity contribution is 0.137. The third-order valence-electron chi connectivity index (χ3n) is 2.64. The SMILES string of the molecule is CC1CC1n1nnc(CC#N)c1C(F)F. The molecule has 1 fully saturated rings. The summed E-state index contributed by atoms with van der Waals surface area (Å²) in [6.45, 7) is 1.98. The molecule has 0 aromatic carbocycles. The average Bonchev–Trinajstić information content (AvgIpc) is 2.75. The quantitative estimate of drug-likeness (QED) is 0.768. The molecule has 2 unspecified atom stereocenters. The molecular formula is C9H10F2N4. The van der Waals surface area contributed by atoms with E-state index < -0.39 is 6.43 Å². The fourth-order valence-electron chi connectivity index (χ4n) is 1.65. The van der Waals surface area contributed by atoms with Gasteiger partial charge in [-0.15, -0.1) is 5.10 Å². The van der Waals surface area contributed by atoms with E-state index in [4.69, 9.17) is 5.26 Å². The zero-order valence-corrected chi connectivity index (χ0v) is 8.19. The van der Waals surface area contributed by atoms with E-state index in [2.05, 4.69) is 10.3 Å². The molecule has 0 bridgehead atoms. The van der Waals surface area contributed by atoms with Gasteiger partial charge in [-0.2, -0.15) is 5.26 Å². The van der Waals surface area contributed by atoms with E-state index in [1.54, 1.807) is 0 Å². The lowest BCUT2D eigenvalue weighted by atomic mass is 10.2. The van der Waals surface area contributed by atoms with Crippen LogP contribution < -0.4 is 0 Å². The first-order chi connectivity index (χ1) is 7.15. The van der Waals surface area contributed by atoms with Crippen molar-refractivity contribution in [3.05, 3.63) is 11.4 Å². The summed E-state index contributed by atoms with van der Waals surface area (Å²) in [5, 5.41) is 15.8. The van der Waals surface area contributed by atoms with Gasteiger partial charge in [0.05, 0.1) is 18.5 Å². The van der Waals surface area contributed by atoms with Crippen molar-refractivity contribution in [3.63, 3.8) is 0 Å². The van der Waals surface area contributed by atoms with Crippen molar-refractivity contribution in [2.75, 3.05) is 0 Å². The molecule has 0 aliphatic heterocycles. The summed E-state index contributed by atoms with van der Waals surface area (Å²) >= 11 is 0. The van der Waals surface area contributed by atoms with Crippen LogP contribution in [0.5, 0.6) is 0 Å². The maximum Gasteiger partial charge on any atom is 0.281 e. The molecule has 80 valence electrons. The van der Waals surface area contributed by atoms with Crippen molar-refractivity contribution in [1.82, 2.24) is 15.0 Å². The second-order valence-electron chi connectivity index (χ2n) is 3.78. The summed E-state index contributed by atoms with van der Waals surface area (Å²) in [6.07, 6.45) is -1.87. The Morgan fingerprint density at radius 3 is 2.80 bits per heavy atom. The molecule has 4 nitrogen and oxygen atoms in total. The van der Waals surface area contributed by atoms with Gasteiger partial charge < -0.3 is 0 Å². The Labute approximate surface area is 85.5 Å². The molecule has 0 spiro atoms. The van der Waals surface area contributed by atoms with E-state index >= 15 is 0 Å². The molecule has 1 aliphatic carbocycles. The van der Waals surface area contributed by atoms with Gasteiger partial charge >= 0.3 is 0 Å². The van der Waals surface area contributed by atoms with E-state index in [-0.39, 0.29) is 23.9 Å². The van der Waals surface area contributed by atoms with Crippen LogP contribution in [-0.2, 0) is 6.42 Å². The molecule has 6 heteroatoms. The van der Waals surface area contributed by atoms with Crippen LogP contribution in [0.4, 0.5) is 8.78 Å². The monoisotopic (exact) mass is 212 g/mol. The van der Waals surface area contributed by atoms with Gasteiger partial charge in [-0.3, -0.25) is 0 Å². The number of alkyl halides is 2. The molecule has 0 amide bonds. The highest BCUT2D eigenvalue weighted by Gasteiger charge is 2.39. The summed E-state index contributed by atoms with van der Waals surface area (Å²) in [6, 6.07) is 1.85. The van der Waals surface area contributed by atoms with E-state index in [1.807, 2.05) is 13.0 Å². The summed E-state index contributed by atoms with van der Waals surface area (Å²) < 4.78 is 26.8. The molecule has 0 N–H and O–H groups in total. The molecule has 15 heavy (non-hydrogen) atoms. The van der Waals surface area contributed by atoms with Gasteiger partial charge in [-0.25, -0.2) is 13.5 Å². The Morgan fingerprint density at radius 1 is 1.67 bits per heavy atom. The van der Waals surface area contributed by atoms with Gasteiger partial charge in [0.25, 0.3) is 6.43 Å². The van der Waals surface area contributed by atoms with Gasteiger partial charge in [0, 0.05) is 0 Å². The van der Waals surface area contributed by atoms with E-state index in [9.17, 15) is 8.78 Å². The maximum absolute atomic E-state index is 12.7. The molecule has 2 rings (SSSR count). The van der Waals surface area contributed by atoms with Crippen molar-refractivity contribution in [2.24, 2.45) is 5.92 Å². The Hall–Kier alpha value is -1.51. The minimum absolute atomic E-state index is 0.0361. The molecule has 1 aromatic heterocycles. The first-order valence-corrected chi connectivity index (χ1v) is 4.74. The van der Waals surface area contributed by atoms with Crippen LogP contribution >= 0.6 is 0 Å². The zero-order valence-electron chi connectivity index (χ0n) is 8.19. The second-order valence-corrected chi connectivity index (χ2v) is 3.78. The summed E-state index contributed by atoms with van der Waals surface area (Å²) in [5.74, 6) is 0.374. The number of halogens is 2. The molecule has 2 atom stereocenters. The number of rotatable bonds is 3. The van der Waals surface area contributed by atoms with Crippen molar-refractivity contribution >= 4 is 0 Å². The highest BCUT2D eigenvalue weighted by molar-refractivity contribution is 5.17. The van der Waals surface area contributed by atoms with Gasteiger partial charge in [0.1, 0.15) is 11.4 Å². The predicted molar refractivity (Wildman–Crippen MR) is 47.1 cm³/mol. The molecule has 0 saturated heterocycles. The largest absolute Gasteiger partial charge is 0.281 e. The molecule has 1 aliphatic rings. The molecular weight excluding hydrogens is 202 g/mol. The highest BCUT2D eigenvalue weighted by Crippen LogP contribution is 2.44. The van der Waals surface area contributed by atoms with Gasteiger partial charge in [-0.05, 0) is 12.3 Å². The predicted octanol–water partition coefficient (Wildman–Crippen LogP) is 1.86. The average molecular weight is 212 g/mol. The van der Waals surface area contributed by atoms with Gasteiger partial charge in [0.15, 0.2) is 0 Å². The first-order valence-electron chi connectivity index (χ1n) is 4.74. The molecule has 0 radical (unpaired) electrons. The smallest absolute Gasteiger partial charge is 0.240 e. The molecule has 1 aromatic rings. The standard InChI is InChI=1S/C9H10F2N4/c1-5-4-7(5)15-8(9(10)11)6(2-3-12)13-14-15/h5,7,9H,2,4H2,1H3. The Kier molecular flexibility index (Phi) is 2.39. The van der Waals surface area contributed by atoms with Crippen LogP contribution in [0.2, 0.25) is 0 Å². The Morgan fingerprint density at radius 2 is 2.33 bits per heavy atom. The van der Waals surface area contributed by atoms with Crippen LogP contribution in [0, 0.1) is 17.2 Å². The van der Waals surface area contributed by atoms with Gasteiger partial charge in [-0.1, -0.05) is 12.1 Å². The van der Waals surface area contributed by atoms with Crippen molar-refractivity contribution < 1.29 is 8.78 Å². The van der Waals surface area contributed by atoms with E-state index in [0.29, 0.717) is 5.92 Å².